The Labute approximate surface area is 254 Å². The molecule has 43 heavy (non-hydrogen) atoms. The van der Waals surface area contributed by atoms with Crippen LogP contribution in [0.15, 0.2) is 72.9 Å². The number of aromatic nitrogens is 1. The highest BCUT2D eigenvalue weighted by molar-refractivity contribution is 5.99. The van der Waals surface area contributed by atoms with Crippen LogP contribution in [-0.2, 0) is 11.2 Å². The molecule has 4 aromatic rings. The number of H-pyrrole nitrogens is 1. The quantitative estimate of drug-likeness (QED) is 0.164. The second kappa shape index (κ2) is 14.2. The number of hydrogen-bond donors (Lipinski definition) is 3. The number of hydrogen-bond acceptors (Lipinski definition) is 5. The van der Waals surface area contributed by atoms with E-state index < -0.39 is 17.7 Å². The molecule has 0 aliphatic heterocycles. The number of aliphatic hydroxyl groups excluding tert-OH is 1. The Balaban J connectivity index is 1.61. The molecule has 0 bridgehead atoms. The number of benzene rings is 3. The van der Waals surface area contributed by atoms with E-state index in [1.165, 1.54) is 0 Å². The number of unbranched alkanes of at least 4 members (excludes halogenated alkanes) is 1. The van der Waals surface area contributed by atoms with Crippen molar-refractivity contribution in [3.8, 4) is 16.9 Å². The first kappa shape index (κ1) is 31.6. The highest BCUT2D eigenvalue weighted by Crippen LogP contribution is 2.31. The summed E-state index contributed by atoms with van der Waals surface area (Å²) < 4.78 is 11.5. The van der Waals surface area contributed by atoms with E-state index in [9.17, 15) is 14.7 Å². The highest BCUT2D eigenvalue weighted by atomic mass is 16.6. The summed E-state index contributed by atoms with van der Waals surface area (Å²) in [4.78, 5) is 31.6. The van der Waals surface area contributed by atoms with Crippen LogP contribution in [0.3, 0.4) is 0 Å². The SMILES string of the molecule is CCCCN(C(=O)OC(C)(C)C)c1cccc(-c2ccc(OCC)c(C(=O)N[C@@H](CO)Cc3c[nH]c4ccccc34)c2)c1. The number of nitrogens with zero attached hydrogens (tertiary/aromatic N) is 1. The number of rotatable bonds is 12. The van der Waals surface area contributed by atoms with Crippen LogP contribution in [0, 0.1) is 0 Å². The fraction of sp³-hybridized carbons (Fsp3) is 0.371. The normalized spacial score (nSPS) is 12.1. The Morgan fingerprint density at radius 3 is 2.49 bits per heavy atom. The van der Waals surface area contributed by atoms with Crippen molar-refractivity contribution < 1.29 is 24.2 Å². The van der Waals surface area contributed by atoms with E-state index >= 15 is 0 Å². The predicted molar refractivity (Wildman–Crippen MR) is 172 cm³/mol. The number of anilines is 1. The number of para-hydroxylation sites is 1. The van der Waals surface area contributed by atoms with Gasteiger partial charge in [0.05, 0.1) is 24.8 Å². The summed E-state index contributed by atoms with van der Waals surface area (Å²) >= 11 is 0. The second-order valence-corrected chi connectivity index (χ2v) is 11.6. The fourth-order valence-electron chi connectivity index (χ4n) is 4.97. The maximum absolute atomic E-state index is 13.6. The van der Waals surface area contributed by atoms with Gasteiger partial charge in [0, 0.05) is 29.3 Å². The molecule has 0 aliphatic carbocycles. The smallest absolute Gasteiger partial charge is 0.414 e. The molecule has 1 aromatic heterocycles. The van der Waals surface area contributed by atoms with Crippen molar-refractivity contribution in [2.45, 2.75) is 65.5 Å². The van der Waals surface area contributed by atoms with Gasteiger partial charge in [0.2, 0.25) is 0 Å². The number of nitrogens with one attached hydrogen (secondary N) is 2. The Morgan fingerprint density at radius 1 is 1.00 bits per heavy atom. The minimum Gasteiger partial charge on any atom is -0.493 e. The molecular weight excluding hydrogens is 542 g/mol. The molecule has 0 fully saturated rings. The number of ether oxygens (including phenoxy) is 2. The van der Waals surface area contributed by atoms with E-state index in [2.05, 4.69) is 17.2 Å². The molecule has 1 heterocycles. The average molecular weight is 586 g/mol. The van der Waals surface area contributed by atoms with Gasteiger partial charge in [-0.15, -0.1) is 0 Å². The minimum atomic E-state index is -0.614. The van der Waals surface area contributed by atoms with Crippen LogP contribution in [0.2, 0.25) is 0 Å². The first-order valence-corrected chi connectivity index (χ1v) is 15.0. The van der Waals surface area contributed by atoms with Crippen LogP contribution in [0.1, 0.15) is 63.4 Å². The Bertz CT molecular complexity index is 1540. The van der Waals surface area contributed by atoms with Crippen LogP contribution in [0.5, 0.6) is 5.75 Å². The maximum atomic E-state index is 13.6. The number of carbonyl (C=O) groups excluding carboxylic acids is 2. The van der Waals surface area contributed by atoms with E-state index in [1.54, 1.807) is 17.0 Å². The largest absolute Gasteiger partial charge is 0.493 e. The summed E-state index contributed by atoms with van der Waals surface area (Å²) in [5.41, 5.74) is 4.15. The molecule has 8 nitrogen and oxygen atoms in total. The van der Waals surface area contributed by atoms with Gasteiger partial charge in [-0.2, -0.15) is 0 Å². The first-order chi connectivity index (χ1) is 20.6. The minimum absolute atomic E-state index is 0.213. The zero-order chi connectivity index (χ0) is 31.0. The van der Waals surface area contributed by atoms with Crippen LogP contribution in [-0.4, -0.2) is 53.5 Å². The molecule has 0 radical (unpaired) electrons. The second-order valence-electron chi connectivity index (χ2n) is 11.6. The van der Waals surface area contributed by atoms with Crippen molar-refractivity contribution in [1.29, 1.82) is 0 Å². The maximum Gasteiger partial charge on any atom is 0.414 e. The van der Waals surface area contributed by atoms with Crippen LogP contribution < -0.4 is 15.0 Å². The van der Waals surface area contributed by atoms with E-state index in [-0.39, 0.29) is 12.5 Å². The van der Waals surface area contributed by atoms with Crippen LogP contribution in [0.25, 0.3) is 22.0 Å². The molecule has 0 aliphatic rings. The van der Waals surface area contributed by atoms with E-state index in [0.29, 0.717) is 30.9 Å². The summed E-state index contributed by atoms with van der Waals surface area (Å²) in [6.45, 7) is 10.2. The molecule has 2 amide bonds. The number of amides is 2. The lowest BCUT2D eigenvalue weighted by molar-refractivity contribution is 0.0579. The zero-order valence-electron chi connectivity index (χ0n) is 25.8. The molecule has 8 heteroatoms. The molecule has 4 rings (SSSR count). The van der Waals surface area contributed by atoms with Crippen LogP contribution >= 0.6 is 0 Å². The van der Waals surface area contributed by atoms with E-state index in [1.807, 2.05) is 88.5 Å². The molecular formula is C35H43N3O5. The van der Waals surface area contributed by atoms with Crippen molar-refractivity contribution in [2.24, 2.45) is 0 Å². The Kier molecular flexibility index (Phi) is 10.5. The summed E-state index contributed by atoms with van der Waals surface area (Å²) in [5.74, 6) is 0.126. The standard InChI is InChI=1S/C35H43N3O5/c1-6-8-18-38(34(41)43-35(3,4)5)28-13-11-12-24(20-28)25-16-17-32(42-7-2)30(21-25)33(40)37-27(23-39)19-26-22-36-31-15-10-9-14-29(26)31/h9-17,20-22,27,36,39H,6-8,18-19,23H2,1-5H3,(H,37,40)/t27-/m1/s1. The topological polar surface area (TPSA) is 104 Å². The van der Waals surface area contributed by atoms with Gasteiger partial charge >= 0.3 is 6.09 Å². The third-order valence-electron chi connectivity index (χ3n) is 7.06. The Hall–Kier alpha value is -4.30. The summed E-state index contributed by atoms with van der Waals surface area (Å²) in [6.07, 6.45) is 3.76. The van der Waals surface area contributed by atoms with E-state index in [4.69, 9.17) is 9.47 Å². The van der Waals surface area contributed by atoms with E-state index in [0.717, 1.165) is 46.1 Å². The van der Waals surface area contributed by atoms with Gasteiger partial charge in [-0.25, -0.2) is 4.79 Å². The molecule has 0 saturated carbocycles. The van der Waals surface area contributed by atoms with Crippen molar-refractivity contribution in [2.75, 3.05) is 24.7 Å². The lowest BCUT2D eigenvalue weighted by Gasteiger charge is -2.27. The van der Waals surface area contributed by atoms with Gasteiger partial charge < -0.3 is 24.9 Å². The summed E-state index contributed by atoms with van der Waals surface area (Å²) in [5, 5.41) is 14.2. The highest BCUT2D eigenvalue weighted by Gasteiger charge is 2.24. The number of fused-ring (bicyclic) bond motifs is 1. The number of aromatic amines is 1. The molecule has 3 N–H and O–H groups in total. The molecule has 1 atom stereocenters. The third kappa shape index (κ3) is 8.17. The number of carbonyl (C=O) groups is 2. The van der Waals surface area contributed by atoms with Crippen molar-refractivity contribution in [3.63, 3.8) is 0 Å². The molecule has 3 aromatic carbocycles. The van der Waals surface area contributed by atoms with Gasteiger partial charge in [0.25, 0.3) is 5.91 Å². The molecule has 0 unspecified atom stereocenters. The van der Waals surface area contributed by atoms with Crippen molar-refractivity contribution in [3.05, 3.63) is 84.1 Å². The Morgan fingerprint density at radius 2 is 1.77 bits per heavy atom. The fourth-order valence-corrected chi connectivity index (χ4v) is 4.97. The molecule has 0 saturated heterocycles. The average Bonchev–Trinajstić information content (AvgIpc) is 3.39. The molecule has 0 spiro atoms. The van der Waals surface area contributed by atoms with Crippen LogP contribution in [0.4, 0.5) is 10.5 Å². The monoisotopic (exact) mass is 585 g/mol. The van der Waals surface area contributed by atoms with Gasteiger partial charge in [-0.05, 0) is 87.6 Å². The van der Waals surface area contributed by atoms with Crippen molar-refractivity contribution in [1.82, 2.24) is 10.3 Å². The molecule has 228 valence electrons. The first-order valence-electron chi connectivity index (χ1n) is 15.0. The zero-order valence-corrected chi connectivity index (χ0v) is 25.8. The van der Waals surface area contributed by atoms with Gasteiger partial charge in [0.1, 0.15) is 11.4 Å². The van der Waals surface area contributed by atoms with Crippen molar-refractivity contribution >= 4 is 28.6 Å². The van der Waals surface area contributed by atoms with Gasteiger partial charge in [0.15, 0.2) is 0 Å². The van der Waals surface area contributed by atoms with Gasteiger partial charge in [-0.3, -0.25) is 9.69 Å². The predicted octanol–water partition coefficient (Wildman–Crippen LogP) is 7.11. The number of aliphatic hydroxyl groups is 1. The summed E-state index contributed by atoms with van der Waals surface area (Å²) in [7, 11) is 0. The lowest BCUT2D eigenvalue weighted by atomic mass is 10.0. The summed E-state index contributed by atoms with van der Waals surface area (Å²) in [6, 6.07) is 20.6. The lowest BCUT2D eigenvalue weighted by Crippen LogP contribution is -2.39. The third-order valence-corrected chi connectivity index (χ3v) is 7.06. The van der Waals surface area contributed by atoms with Gasteiger partial charge in [-0.1, -0.05) is 49.7 Å².